The van der Waals surface area contributed by atoms with Crippen molar-refractivity contribution in [1.29, 1.82) is 0 Å². The SMILES string of the molecule is Cc1ncc(F)c(CCC2CC2)n1. The van der Waals surface area contributed by atoms with Gasteiger partial charge in [0.05, 0.1) is 11.9 Å². The second kappa shape index (κ2) is 3.40. The van der Waals surface area contributed by atoms with Crippen molar-refractivity contribution in [3.05, 3.63) is 23.5 Å². The third-order valence-electron chi connectivity index (χ3n) is 2.42. The Balaban J connectivity index is 2.03. The van der Waals surface area contributed by atoms with Gasteiger partial charge < -0.3 is 0 Å². The minimum atomic E-state index is -0.258. The van der Waals surface area contributed by atoms with Gasteiger partial charge >= 0.3 is 0 Å². The Morgan fingerprint density at radius 1 is 1.54 bits per heavy atom. The van der Waals surface area contributed by atoms with Gasteiger partial charge in [-0.2, -0.15) is 0 Å². The fourth-order valence-electron chi connectivity index (χ4n) is 1.42. The lowest BCUT2D eigenvalue weighted by atomic mass is 10.1. The van der Waals surface area contributed by atoms with Crippen LogP contribution in [0.1, 0.15) is 30.8 Å². The molecule has 0 amide bonds. The van der Waals surface area contributed by atoms with Crippen LogP contribution in [0.2, 0.25) is 0 Å². The summed E-state index contributed by atoms with van der Waals surface area (Å²) in [6.07, 6.45) is 5.73. The minimum absolute atomic E-state index is 0.258. The molecular formula is C10H13FN2. The van der Waals surface area contributed by atoms with Gasteiger partial charge in [0.1, 0.15) is 5.82 Å². The Bertz CT molecular complexity index is 308. The van der Waals surface area contributed by atoms with Crippen molar-refractivity contribution in [3.63, 3.8) is 0 Å². The fourth-order valence-corrected chi connectivity index (χ4v) is 1.42. The molecule has 70 valence electrons. The molecule has 0 atom stereocenters. The van der Waals surface area contributed by atoms with Gasteiger partial charge in [-0.1, -0.05) is 12.8 Å². The molecule has 1 aromatic heterocycles. The average molecular weight is 180 g/mol. The highest BCUT2D eigenvalue weighted by Gasteiger charge is 2.21. The monoisotopic (exact) mass is 180 g/mol. The third-order valence-corrected chi connectivity index (χ3v) is 2.42. The van der Waals surface area contributed by atoms with Crippen molar-refractivity contribution in [1.82, 2.24) is 9.97 Å². The van der Waals surface area contributed by atoms with E-state index in [1.54, 1.807) is 6.92 Å². The highest BCUT2D eigenvalue weighted by molar-refractivity contribution is 5.05. The summed E-state index contributed by atoms with van der Waals surface area (Å²) in [6.45, 7) is 1.79. The van der Waals surface area contributed by atoms with E-state index in [2.05, 4.69) is 9.97 Å². The molecule has 13 heavy (non-hydrogen) atoms. The van der Waals surface area contributed by atoms with E-state index in [0.29, 0.717) is 11.5 Å². The van der Waals surface area contributed by atoms with Crippen LogP contribution in [0.25, 0.3) is 0 Å². The number of aryl methyl sites for hydroxylation is 2. The van der Waals surface area contributed by atoms with Crippen molar-refractivity contribution in [2.24, 2.45) is 5.92 Å². The summed E-state index contributed by atoms with van der Waals surface area (Å²) in [6, 6.07) is 0. The van der Waals surface area contributed by atoms with Crippen LogP contribution in [-0.4, -0.2) is 9.97 Å². The van der Waals surface area contributed by atoms with Crippen LogP contribution < -0.4 is 0 Å². The van der Waals surface area contributed by atoms with Gasteiger partial charge in [-0.3, -0.25) is 0 Å². The van der Waals surface area contributed by atoms with Gasteiger partial charge in [-0.25, -0.2) is 14.4 Å². The van der Waals surface area contributed by atoms with Crippen molar-refractivity contribution in [2.45, 2.75) is 32.6 Å². The third kappa shape index (κ3) is 2.23. The van der Waals surface area contributed by atoms with Crippen molar-refractivity contribution >= 4 is 0 Å². The Morgan fingerprint density at radius 2 is 2.31 bits per heavy atom. The van der Waals surface area contributed by atoms with E-state index in [0.717, 1.165) is 18.8 Å². The molecule has 0 saturated heterocycles. The minimum Gasteiger partial charge on any atom is -0.239 e. The van der Waals surface area contributed by atoms with Crippen LogP contribution in [0.3, 0.4) is 0 Å². The molecule has 0 bridgehead atoms. The number of aromatic nitrogens is 2. The summed E-state index contributed by atoms with van der Waals surface area (Å²) < 4.78 is 13.1. The lowest BCUT2D eigenvalue weighted by Gasteiger charge is -2.01. The molecule has 0 N–H and O–H groups in total. The molecule has 1 fully saturated rings. The summed E-state index contributed by atoms with van der Waals surface area (Å²) in [5, 5.41) is 0. The lowest BCUT2D eigenvalue weighted by Crippen LogP contribution is -2.00. The molecule has 0 aromatic carbocycles. The molecule has 1 aliphatic rings. The van der Waals surface area contributed by atoms with E-state index in [1.165, 1.54) is 19.0 Å². The molecule has 1 aliphatic carbocycles. The second-order valence-electron chi connectivity index (χ2n) is 3.69. The molecule has 2 rings (SSSR count). The topological polar surface area (TPSA) is 25.8 Å². The molecule has 1 saturated carbocycles. The van der Waals surface area contributed by atoms with Crippen molar-refractivity contribution in [2.75, 3.05) is 0 Å². The van der Waals surface area contributed by atoms with Crippen LogP contribution in [0.5, 0.6) is 0 Å². The number of nitrogens with zero attached hydrogens (tertiary/aromatic N) is 2. The van der Waals surface area contributed by atoms with Gasteiger partial charge in [0.25, 0.3) is 0 Å². The largest absolute Gasteiger partial charge is 0.239 e. The van der Waals surface area contributed by atoms with E-state index in [4.69, 9.17) is 0 Å². The number of rotatable bonds is 3. The van der Waals surface area contributed by atoms with Crippen LogP contribution in [0, 0.1) is 18.7 Å². The van der Waals surface area contributed by atoms with Gasteiger partial charge in [-0.15, -0.1) is 0 Å². The maximum Gasteiger partial charge on any atom is 0.162 e. The Hall–Kier alpha value is -0.990. The molecule has 0 spiro atoms. The van der Waals surface area contributed by atoms with Gasteiger partial charge in [0.15, 0.2) is 5.82 Å². The Kier molecular flexibility index (Phi) is 2.25. The highest BCUT2D eigenvalue weighted by atomic mass is 19.1. The van der Waals surface area contributed by atoms with Crippen molar-refractivity contribution in [3.8, 4) is 0 Å². The smallest absolute Gasteiger partial charge is 0.162 e. The lowest BCUT2D eigenvalue weighted by molar-refractivity contribution is 0.574. The van der Waals surface area contributed by atoms with E-state index < -0.39 is 0 Å². The van der Waals surface area contributed by atoms with Gasteiger partial charge in [0.2, 0.25) is 0 Å². The van der Waals surface area contributed by atoms with Crippen LogP contribution in [0.15, 0.2) is 6.20 Å². The number of halogens is 1. The average Bonchev–Trinajstić information content (AvgIpc) is 2.90. The molecule has 3 heteroatoms. The van der Waals surface area contributed by atoms with E-state index in [1.807, 2.05) is 0 Å². The fraction of sp³-hybridized carbons (Fsp3) is 0.600. The normalized spacial score (nSPS) is 16.2. The summed E-state index contributed by atoms with van der Waals surface area (Å²) in [7, 11) is 0. The molecule has 2 nitrogen and oxygen atoms in total. The summed E-state index contributed by atoms with van der Waals surface area (Å²) in [5.74, 6) is 1.23. The number of hydrogen-bond donors (Lipinski definition) is 0. The maximum atomic E-state index is 13.1. The van der Waals surface area contributed by atoms with E-state index in [9.17, 15) is 4.39 Å². The van der Waals surface area contributed by atoms with Crippen LogP contribution in [0.4, 0.5) is 4.39 Å². The van der Waals surface area contributed by atoms with Gasteiger partial charge in [0, 0.05) is 0 Å². The van der Waals surface area contributed by atoms with E-state index >= 15 is 0 Å². The molecule has 1 heterocycles. The zero-order valence-electron chi connectivity index (χ0n) is 7.76. The first-order chi connectivity index (χ1) is 6.25. The predicted molar refractivity (Wildman–Crippen MR) is 47.8 cm³/mol. The molecule has 1 aromatic rings. The highest BCUT2D eigenvalue weighted by Crippen LogP contribution is 2.33. The first-order valence-corrected chi connectivity index (χ1v) is 4.73. The molecule has 0 aliphatic heterocycles. The first kappa shape index (κ1) is 8.60. The van der Waals surface area contributed by atoms with Gasteiger partial charge in [-0.05, 0) is 25.7 Å². The standard InChI is InChI=1S/C10H13FN2/c1-7-12-6-9(11)10(13-7)5-4-8-2-3-8/h6,8H,2-5H2,1H3. The second-order valence-corrected chi connectivity index (χ2v) is 3.69. The summed E-state index contributed by atoms with van der Waals surface area (Å²) in [5.41, 5.74) is 0.583. The quantitative estimate of drug-likeness (QED) is 0.713. The predicted octanol–water partition coefficient (Wildman–Crippen LogP) is 2.27. The summed E-state index contributed by atoms with van der Waals surface area (Å²) >= 11 is 0. The number of hydrogen-bond acceptors (Lipinski definition) is 2. The Morgan fingerprint density at radius 3 is 3.00 bits per heavy atom. The molecular weight excluding hydrogens is 167 g/mol. The van der Waals surface area contributed by atoms with Crippen LogP contribution in [-0.2, 0) is 6.42 Å². The van der Waals surface area contributed by atoms with E-state index in [-0.39, 0.29) is 5.82 Å². The Labute approximate surface area is 77.2 Å². The molecule has 0 unspecified atom stereocenters. The zero-order valence-corrected chi connectivity index (χ0v) is 7.76. The zero-order chi connectivity index (χ0) is 9.26. The molecule has 0 radical (unpaired) electrons. The van der Waals surface area contributed by atoms with Crippen LogP contribution >= 0.6 is 0 Å². The van der Waals surface area contributed by atoms with Crippen molar-refractivity contribution < 1.29 is 4.39 Å². The first-order valence-electron chi connectivity index (χ1n) is 4.73. The summed E-state index contributed by atoms with van der Waals surface area (Å²) in [4.78, 5) is 7.88. The maximum absolute atomic E-state index is 13.1.